The zero-order valence-corrected chi connectivity index (χ0v) is 12.6. The van der Waals surface area contributed by atoms with E-state index in [1.807, 2.05) is 32.0 Å². The van der Waals surface area contributed by atoms with Crippen LogP contribution in [0.3, 0.4) is 0 Å². The minimum Gasteiger partial charge on any atom is -0.393 e. The van der Waals surface area contributed by atoms with E-state index in [-0.39, 0.29) is 16.8 Å². The normalized spacial score (nSPS) is 11.9. The molecule has 1 unspecified atom stereocenters. The summed E-state index contributed by atoms with van der Waals surface area (Å²) in [5.41, 5.74) is 8.74. The van der Waals surface area contributed by atoms with Gasteiger partial charge in [-0.15, -0.1) is 0 Å². The summed E-state index contributed by atoms with van der Waals surface area (Å²) in [7, 11) is 0. The van der Waals surface area contributed by atoms with Crippen LogP contribution in [0.5, 0.6) is 0 Å². The van der Waals surface area contributed by atoms with Crippen LogP contribution in [0, 0.1) is 12.8 Å². The van der Waals surface area contributed by atoms with Gasteiger partial charge in [-0.25, -0.2) is 0 Å². The summed E-state index contributed by atoms with van der Waals surface area (Å²) in [6, 6.07) is 6.02. The lowest BCUT2D eigenvalue weighted by Gasteiger charge is -2.18. The highest BCUT2D eigenvalue weighted by Crippen LogP contribution is 2.22. The molecule has 0 aliphatic heterocycles. The van der Waals surface area contributed by atoms with Crippen LogP contribution in [0.25, 0.3) is 0 Å². The smallest absolute Gasteiger partial charge is 0.234 e. The van der Waals surface area contributed by atoms with Crippen molar-refractivity contribution in [1.29, 1.82) is 0 Å². The molecule has 104 valence electrons. The molecule has 1 amide bonds. The standard InChI is InChI=1S/C15H22N2OS/c1-4-7-12(14(16)19)15(18)17-13-10(3)8-6-9-11(13)5-2/h6,8-9,12H,4-5,7H2,1-3H3,(H2,16,19)(H,17,18). The van der Waals surface area contributed by atoms with Crippen molar-refractivity contribution in [2.75, 3.05) is 5.32 Å². The highest BCUT2D eigenvalue weighted by molar-refractivity contribution is 7.80. The van der Waals surface area contributed by atoms with E-state index in [1.165, 1.54) is 0 Å². The maximum absolute atomic E-state index is 12.3. The first-order valence-electron chi connectivity index (χ1n) is 6.69. The molecule has 0 saturated carbocycles. The summed E-state index contributed by atoms with van der Waals surface area (Å²) in [5, 5.41) is 2.99. The minimum absolute atomic E-state index is 0.0988. The second kappa shape index (κ2) is 7.24. The van der Waals surface area contributed by atoms with Crippen molar-refractivity contribution < 1.29 is 4.79 Å². The van der Waals surface area contributed by atoms with Crippen molar-refractivity contribution in [3.8, 4) is 0 Å². The minimum atomic E-state index is -0.385. The molecule has 0 heterocycles. The summed E-state index contributed by atoms with van der Waals surface area (Å²) < 4.78 is 0. The molecule has 19 heavy (non-hydrogen) atoms. The van der Waals surface area contributed by atoms with Crippen molar-refractivity contribution in [2.45, 2.75) is 40.0 Å². The average molecular weight is 278 g/mol. The fourth-order valence-electron chi connectivity index (χ4n) is 2.10. The lowest BCUT2D eigenvalue weighted by atomic mass is 10.0. The second-order valence-corrected chi connectivity index (χ2v) is 5.17. The number of para-hydroxylation sites is 1. The Hall–Kier alpha value is -1.42. The molecule has 1 aromatic carbocycles. The van der Waals surface area contributed by atoms with Gasteiger partial charge >= 0.3 is 0 Å². The Morgan fingerprint density at radius 1 is 1.42 bits per heavy atom. The van der Waals surface area contributed by atoms with Crippen LogP contribution in [0.1, 0.15) is 37.8 Å². The first-order chi connectivity index (χ1) is 9.01. The molecule has 4 heteroatoms. The van der Waals surface area contributed by atoms with E-state index < -0.39 is 0 Å². The molecular formula is C15H22N2OS. The fraction of sp³-hybridized carbons (Fsp3) is 0.467. The third-order valence-corrected chi connectivity index (χ3v) is 3.51. The number of amides is 1. The van der Waals surface area contributed by atoms with Crippen LogP contribution in [0.2, 0.25) is 0 Å². The van der Waals surface area contributed by atoms with Gasteiger partial charge in [-0.1, -0.05) is 50.7 Å². The summed E-state index contributed by atoms with van der Waals surface area (Å²) in [6.07, 6.45) is 2.45. The Morgan fingerprint density at radius 3 is 2.63 bits per heavy atom. The first-order valence-corrected chi connectivity index (χ1v) is 7.10. The molecule has 1 rings (SSSR count). The van der Waals surface area contributed by atoms with Gasteiger partial charge in [-0.3, -0.25) is 4.79 Å². The monoisotopic (exact) mass is 278 g/mol. The van der Waals surface area contributed by atoms with Gasteiger partial charge in [0.2, 0.25) is 5.91 Å². The maximum Gasteiger partial charge on any atom is 0.234 e. The van der Waals surface area contributed by atoms with Crippen molar-refractivity contribution >= 4 is 28.8 Å². The number of carbonyl (C=O) groups excluding carboxylic acids is 1. The van der Waals surface area contributed by atoms with Crippen molar-refractivity contribution in [1.82, 2.24) is 0 Å². The lowest BCUT2D eigenvalue weighted by molar-refractivity contribution is -0.118. The molecule has 3 nitrogen and oxygen atoms in total. The number of aryl methyl sites for hydroxylation is 2. The molecule has 0 aliphatic rings. The van der Waals surface area contributed by atoms with Crippen LogP contribution < -0.4 is 11.1 Å². The first kappa shape index (κ1) is 15.6. The molecule has 1 aromatic rings. The number of benzene rings is 1. The Labute approximate surface area is 120 Å². The van der Waals surface area contributed by atoms with E-state index in [9.17, 15) is 4.79 Å². The van der Waals surface area contributed by atoms with Crippen LogP contribution >= 0.6 is 12.2 Å². The molecule has 0 radical (unpaired) electrons. The van der Waals surface area contributed by atoms with Crippen LogP contribution in [0.15, 0.2) is 18.2 Å². The van der Waals surface area contributed by atoms with Gasteiger partial charge in [0.15, 0.2) is 0 Å². The van der Waals surface area contributed by atoms with Gasteiger partial charge in [0.05, 0.1) is 10.9 Å². The lowest BCUT2D eigenvalue weighted by Crippen LogP contribution is -2.33. The van der Waals surface area contributed by atoms with Crippen LogP contribution in [-0.4, -0.2) is 10.9 Å². The molecule has 0 saturated heterocycles. The molecule has 0 aliphatic carbocycles. The van der Waals surface area contributed by atoms with E-state index in [2.05, 4.69) is 12.2 Å². The molecule has 0 spiro atoms. The Bertz CT molecular complexity index is 471. The van der Waals surface area contributed by atoms with Gasteiger partial charge in [-0.05, 0) is 30.9 Å². The zero-order valence-electron chi connectivity index (χ0n) is 11.8. The summed E-state index contributed by atoms with van der Waals surface area (Å²) >= 11 is 4.99. The maximum atomic E-state index is 12.3. The number of rotatable bonds is 6. The summed E-state index contributed by atoms with van der Waals surface area (Å²) in [5.74, 6) is -0.484. The largest absolute Gasteiger partial charge is 0.393 e. The average Bonchev–Trinajstić information content (AvgIpc) is 2.37. The van der Waals surface area contributed by atoms with Gasteiger partial charge < -0.3 is 11.1 Å². The second-order valence-electron chi connectivity index (χ2n) is 4.70. The topological polar surface area (TPSA) is 55.1 Å². The predicted molar refractivity (Wildman–Crippen MR) is 84.4 cm³/mol. The predicted octanol–water partition coefficient (Wildman–Crippen LogP) is 3.20. The molecule has 0 bridgehead atoms. The summed E-state index contributed by atoms with van der Waals surface area (Å²) in [6.45, 7) is 6.08. The van der Waals surface area contributed by atoms with E-state index >= 15 is 0 Å². The summed E-state index contributed by atoms with van der Waals surface area (Å²) in [4.78, 5) is 12.6. The van der Waals surface area contributed by atoms with Crippen molar-refractivity contribution in [2.24, 2.45) is 11.7 Å². The number of thiocarbonyl (C=S) groups is 1. The quantitative estimate of drug-likeness (QED) is 0.786. The number of hydrogen-bond donors (Lipinski definition) is 2. The highest BCUT2D eigenvalue weighted by Gasteiger charge is 2.21. The Kier molecular flexibility index (Phi) is 5.96. The molecular weight excluding hydrogens is 256 g/mol. The van der Waals surface area contributed by atoms with Gasteiger partial charge in [0, 0.05) is 5.69 Å². The number of anilines is 1. The van der Waals surface area contributed by atoms with Gasteiger partial charge in [0.25, 0.3) is 0 Å². The van der Waals surface area contributed by atoms with E-state index in [1.54, 1.807) is 0 Å². The SMILES string of the molecule is CCCC(C(=O)Nc1c(C)cccc1CC)C(N)=S. The van der Waals surface area contributed by atoms with Crippen LogP contribution in [-0.2, 0) is 11.2 Å². The van der Waals surface area contributed by atoms with Crippen molar-refractivity contribution in [3.05, 3.63) is 29.3 Å². The highest BCUT2D eigenvalue weighted by atomic mass is 32.1. The third-order valence-electron chi connectivity index (χ3n) is 3.23. The molecule has 0 fully saturated rings. The van der Waals surface area contributed by atoms with Crippen molar-refractivity contribution in [3.63, 3.8) is 0 Å². The van der Waals surface area contributed by atoms with E-state index in [4.69, 9.17) is 18.0 Å². The molecule has 1 atom stereocenters. The zero-order chi connectivity index (χ0) is 14.4. The van der Waals surface area contributed by atoms with Gasteiger partial charge in [0.1, 0.15) is 0 Å². The molecule has 3 N–H and O–H groups in total. The number of carbonyl (C=O) groups is 1. The van der Waals surface area contributed by atoms with E-state index in [0.717, 1.165) is 29.7 Å². The van der Waals surface area contributed by atoms with Crippen LogP contribution in [0.4, 0.5) is 5.69 Å². The Balaban J connectivity index is 2.95. The van der Waals surface area contributed by atoms with E-state index in [0.29, 0.717) is 6.42 Å². The number of nitrogens with one attached hydrogen (secondary N) is 1. The number of hydrogen-bond acceptors (Lipinski definition) is 2. The third kappa shape index (κ3) is 4.03. The Morgan fingerprint density at radius 2 is 2.11 bits per heavy atom. The molecule has 0 aromatic heterocycles. The van der Waals surface area contributed by atoms with Gasteiger partial charge in [-0.2, -0.15) is 0 Å². The fourth-order valence-corrected chi connectivity index (χ4v) is 2.33. The number of nitrogens with two attached hydrogens (primary N) is 1.